The van der Waals surface area contributed by atoms with Crippen molar-refractivity contribution in [2.45, 2.75) is 55.6 Å². The first-order valence-electron chi connectivity index (χ1n) is 11.3. The zero-order valence-corrected chi connectivity index (χ0v) is 19.1. The Balaban J connectivity index is 1.39. The summed E-state index contributed by atoms with van der Waals surface area (Å²) in [7, 11) is -4.15. The summed E-state index contributed by atoms with van der Waals surface area (Å²) in [5, 5.41) is 0. The highest BCUT2D eigenvalue weighted by Crippen LogP contribution is 2.34. The lowest BCUT2D eigenvalue weighted by Crippen LogP contribution is -2.52. The third-order valence-electron chi connectivity index (χ3n) is 6.86. The summed E-state index contributed by atoms with van der Waals surface area (Å²) in [6.45, 7) is 1.93. The molecule has 2 amide bonds. The maximum atomic E-state index is 13.1. The number of rotatable bonds is 4. The molecule has 33 heavy (non-hydrogen) atoms. The molecule has 3 heterocycles. The average Bonchev–Trinajstić information content (AvgIpc) is 3.24. The number of hydrogen-bond donors (Lipinski definition) is 0. The molecule has 7 nitrogen and oxygen atoms in total. The van der Waals surface area contributed by atoms with Crippen molar-refractivity contribution in [1.82, 2.24) is 14.1 Å². The van der Waals surface area contributed by atoms with Gasteiger partial charge in [-0.25, -0.2) is 0 Å². The van der Waals surface area contributed by atoms with E-state index in [0.717, 1.165) is 35.5 Å². The smallest absolute Gasteiger partial charge is 0.416 e. The highest BCUT2D eigenvalue weighted by atomic mass is 32.3. The predicted molar refractivity (Wildman–Crippen MR) is 113 cm³/mol. The lowest BCUT2D eigenvalue weighted by Gasteiger charge is -2.40. The first kappa shape index (κ1) is 24.2. The Morgan fingerprint density at radius 1 is 1.06 bits per heavy atom. The molecule has 1 aromatic rings. The van der Waals surface area contributed by atoms with Crippen LogP contribution >= 0.6 is 0 Å². The Kier molecular flexibility index (Phi) is 6.84. The maximum absolute atomic E-state index is 13.1. The number of alkyl halides is 3. The zero-order valence-electron chi connectivity index (χ0n) is 18.3. The fourth-order valence-electron chi connectivity index (χ4n) is 5.06. The van der Waals surface area contributed by atoms with E-state index in [9.17, 15) is 31.5 Å². The van der Waals surface area contributed by atoms with Crippen LogP contribution in [0.5, 0.6) is 0 Å². The van der Waals surface area contributed by atoms with E-state index in [-0.39, 0.29) is 30.9 Å². The predicted octanol–water partition coefficient (Wildman–Crippen LogP) is 2.93. The van der Waals surface area contributed by atoms with Gasteiger partial charge in [-0.15, -0.1) is 4.31 Å². The first-order chi connectivity index (χ1) is 15.6. The van der Waals surface area contributed by atoms with Gasteiger partial charge in [0.1, 0.15) is 0 Å². The lowest BCUT2D eigenvalue weighted by molar-refractivity contribution is -0.139. The van der Waals surface area contributed by atoms with Crippen LogP contribution in [-0.4, -0.2) is 69.2 Å². The van der Waals surface area contributed by atoms with Crippen molar-refractivity contribution in [3.05, 3.63) is 29.8 Å². The summed E-state index contributed by atoms with van der Waals surface area (Å²) in [4.78, 5) is 28.3. The SMILES string of the molecule is O=C(C1CCCN([S+](=O)([O-])c2cccc(C(F)(F)F)c2)C1)N1CCC(N2CCCC2=O)CC1. The van der Waals surface area contributed by atoms with Gasteiger partial charge in [-0.2, -0.15) is 13.2 Å². The number of carbonyl (C=O) groups is 2. The van der Waals surface area contributed by atoms with E-state index in [4.69, 9.17) is 0 Å². The van der Waals surface area contributed by atoms with Crippen molar-refractivity contribution in [3.63, 3.8) is 0 Å². The number of sulfonamides is 1. The minimum Gasteiger partial charge on any atom is -0.593 e. The molecule has 0 aliphatic carbocycles. The van der Waals surface area contributed by atoms with Crippen molar-refractivity contribution >= 4 is 22.2 Å². The molecule has 3 fully saturated rings. The number of halogens is 3. The van der Waals surface area contributed by atoms with Crippen LogP contribution in [0.1, 0.15) is 44.1 Å². The molecule has 3 aliphatic rings. The van der Waals surface area contributed by atoms with Crippen LogP contribution < -0.4 is 0 Å². The molecule has 2 unspecified atom stereocenters. The second-order valence-corrected chi connectivity index (χ2v) is 10.9. The Labute approximate surface area is 192 Å². The van der Waals surface area contributed by atoms with Gasteiger partial charge in [0.2, 0.25) is 11.8 Å². The molecule has 4 rings (SSSR count). The number of nitrogens with zero attached hydrogens (tertiary/aromatic N) is 3. The molecule has 3 aliphatic heterocycles. The van der Waals surface area contributed by atoms with Crippen LogP contribution in [0, 0.1) is 5.92 Å². The minimum atomic E-state index is -4.64. The molecule has 3 saturated heterocycles. The van der Waals surface area contributed by atoms with Gasteiger partial charge in [-0.05, 0) is 44.2 Å². The van der Waals surface area contributed by atoms with E-state index in [1.165, 1.54) is 0 Å². The molecule has 0 spiro atoms. The Morgan fingerprint density at radius 2 is 1.79 bits per heavy atom. The van der Waals surface area contributed by atoms with Crippen LogP contribution in [0.25, 0.3) is 0 Å². The monoisotopic (exact) mass is 487 g/mol. The Morgan fingerprint density at radius 3 is 2.42 bits per heavy atom. The maximum Gasteiger partial charge on any atom is 0.416 e. The van der Waals surface area contributed by atoms with Crippen LogP contribution in [0.2, 0.25) is 0 Å². The molecule has 182 valence electrons. The normalized spacial score (nSPS) is 25.3. The van der Waals surface area contributed by atoms with Crippen molar-refractivity contribution in [3.8, 4) is 0 Å². The molecule has 11 heteroatoms. The summed E-state index contributed by atoms with van der Waals surface area (Å²) in [5.41, 5.74) is -1.02. The molecular weight excluding hydrogens is 459 g/mol. The second kappa shape index (κ2) is 9.34. The highest BCUT2D eigenvalue weighted by Gasteiger charge is 2.41. The summed E-state index contributed by atoms with van der Waals surface area (Å²) in [6, 6.07) is 3.86. The molecule has 0 saturated carbocycles. The quantitative estimate of drug-likeness (QED) is 0.612. The number of hydrogen-bond acceptors (Lipinski definition) is 4. The van der Waals surface area contributed by atoms with E-state index in [1.54, 1.807) is 4.90 Å². The number of carbonyl (C=O) groups excluding carboxylic acids is 2. The van der Waals surface area contributed by atoms with Gasteiger partial charge in [-0.1, -0.05) is 10.3 Å². The van der Waals surface area contributed by atoms with E-state index in [0.29, 0.717) is 51.3 Å². The molecular formula is C22H28F3N3O4S. The average molecular weight is 488 g/mol. The van der Waals surface area contributed by atoms with Crippen molar-refractivity contribution in [1.29, 1.82) is 0 Å². The fourth-order valence-corrected chi connectivity index (χ4v) is 6.63. The zero-order chi connectivity index (χ0) is 23.8. The van der Waals surface area contributed by atoms with Gasteiger partial charge in [-0.3, -0.25) is 9.59 Å². The minimum absolute atomic E-state index is 0.0397. The van der Waals surface area contributed by atoms with E-state index in [1.807, 2.05) is 4.90 Å². The molecule has 1 aromatic carbocycles. The standard InChI is InChI=1S/C22H28F3N3O4S/c23-22(24,25)17-5-1-6-19(14-17)33(31,32)27-10-2-4-16(15-27)21(30)26-12-8-18(9-13-26)28-11-3-7-20(28)29/h1,5-6,14,16,18H,2-4,7-13,15H2. The topological polar surface area (TPSA) is 84.0 Å². The lowest BCUT2D eigenvalue weighted by atomic mass is 9.96. The number of piperidine rings is 2. The van der Waals surface area contributed by atoms with Gasteiger partial charge < -0.3 is 14.4 Å². The van der Waals surface area contributed by atoms with Crippen LogP contribution in [-0.2, 0) is 30.4 Å². The first-order valence-corrected chi connectivity index (χ1v) is 12.8. The Hall–Kier alpha value is -1.98. The molecule has 2 atom stereocenters. The molecule has 0 bridgehead atoms. The molecule has 0 N–H and O–H groups in total. The third kappa shape index (κ3) is 5.09. The van der Waals surface area contributed by atoms with Crippen LogP contribution in [0.4, 0.5) is 13.2 Å². The van der Waals surface area contributed by atoms with E-state index < -0.39 is 33.0 Å². The summed E-state index contributed by atoms with van der Waals surface area (Å²) in [6.07, 6.45) is -0.774. The number of amides is 2. The van der Waals surface area contributed by atoms with Gasteiger partial charge in [0.25, 0.3) is 0 Å². The number of likely N-dealkylation sites (tertiary alicyclic amines) is 2. The number of benzene rings is 1. The van der Waals surface area contributed by atoms with Crippen molar-refractivity contribution < 1.29 is 31.5 Å². The largest absolute Gasteiger partial charge is 0.593 e. The third-order valence-corrected chi connectivity index (χ3v) is 8.72. The van der Waals surface area contributed by atoms with Gasteiger partial charge in [0.05, 0.1) is 18.0 Å². The van der Waals surface area contributed by atoms with E-state index in [2.05, 4.69) is 0 Å². The van der Waals surface area contributed by atoms with Crippen molar-refractivity contribution in [2.75, 3.05) is 32.7 Å². The van der Waals surface area contributed by atoms with Crippen LogP contribution in [0.3, 0.4) is 0 Å². The van der Waals surface area contributed by atoms with Gasteiger partial charge in [0, 0.05) is 44.7 Å². The van der Waals surface area contributed by atoms with Gasteiger partial charge in [0.15, 0.2) is 15.3 Å². The van der Waals surface area contributed by atoms with Crippen molar-refractivity contribution in [2.24, 2.45) is 5.92 Å². The molecule has 0 aromatic heterocycles. The van der Waals surface area contributed by atoms with E-state index >= 15 is 0 Å². The molecule has 0 radical (unpaired) electrons. The second-order valence-electron chi connectivity index (χ2n) is 8.97. The summed E-state index contributed by atoms with van der Waals surface area (Å²) in [5.74, 6) is -0.475. The highest BCUT2D eigenvalue weighted by molar-refractivity contribution is 7.95. The van der Waals surface area contributed by atoms with Crippen LogP contribution in [0.15, 0.2) is 29.2 Å². The van der Waals surface area contributed by atoms with Gasteiger partial charge >= 0.3 is 6.18 Å². The fraction of sp³-hybridized carbons (Fsp3) is 0.636. The summed E-state index contributed by atoms with van der Waals surface area (Å²) >= 11 is 0. The Bertz CT molecular complexity index is 949. The summed E-state index contributed by atoms with van der Waals surface area (Å²) < 4.78 is 66.3.